The van der Waals surface area contributed by atoms with Crippen molar-refractivity contribution in [2.45, 2.75) is 6.54 Å². The van der Waals surface area contributed by atoms with Crippen LogP contribution >= 0.6 is 0 Å². The molecule has 1 heterocycles. The van der Waals surface area contributed by atoms with Gasteiger partial charge in [-0.15, -0.1) is 0 Å². The summed E-state index contributed by atoms with van der Waals surface area (Å²) in [4.78, 5) is 24.7. The van der Waals surface area contributed by atoms with Crippen LogP contribution in [0.2, 0.25) is 0 Å². The Balaban J connectivity index is 2.75. The van der Waals surface area contributed by atoms with Crippen LogP contribution < -0.4 is 10.4 Å². The van der Waals surface area contributed by atoms with Gasteiger partial charge in [-0.2, -0.15) is 0 Å². The van der Waals surface area contributed by atoms with E-state index in [0.29, 0.717) is 16.8 Å². The fourth-order valence-corrected chi connectivity index (χ4v) is 1.64. The number of para-hydroxylation sites is 1. The number of nitrogens with zero attached hydrogens (tertiary/aromatic N) is 1. The fraction of sp³-hybridized carbons (Fsp3) is 0.200. The Bertz CT molecular complexity index is 596. The highest BCUT2D eigenvalue weighted by atomic mass is 16.5. The van der Waals surface area contributed by atoms with Gasteiger partial charge >= 0.3 is 11.7 Å². The van der Waals surface area contributed by atoms with Crippen LogP contribution in [0.5, 0.6) is 5.75 Å². The molecular weight excluding hydrogens is 212 g/mol. The van der Waals surface area contributed by atoms with Crippen LogP contribution in [0.1, 0.15) is 0 Å². The Morgan fingerprint density at radius 3 is 2.94 bits per heavy atom. The quantitative estimate of drug-likeness (QED) is 0.788. The molecule has 0 aliphatic carbocycles. The maximum absolute atomic E-state index is 11.5. The van der Waals surface area contributed by atoms with E-state index in [4.69, 9.17) is 9.84 Å². The second-order valence-corrected chi connectivity index (χ2v) is 3.27. The number of aliphatic carboxylic acids is 1. The van der Waals surface area contributed by atoms with Crippen LogP contribution in [0.15, 0.2) is 23.0 Å². The maximum atomic E-state index is 11.5. The average Bonchev–Trinajstić information content (AvgIpc) is 2.54. The van der Waals surface area contributed by atoms with E-state index in [-0.39, 0.29) is 6.54 Å². The second-order valence-electron chi connectivity index (χ2n) is 3.27. The predicted molar refractivity (Wildman–Crippen MR) is 56.7 cm³/mol. The first-order valence-electron chi connectivity index (χ1n) is 4.61. The summed E-state index contributed by atoms with van der Waals surface area (Å²) in [6, 6.07) is 5.09. The molecule has 2 N–H and O–H groups in total. The molecule has 1 aromatic carbocycles. The van der Waals surface area contributed by atoms with E-state index >= 15 is 0 Å². The summed E-state index contributed by atoms with van der Waals surface area (Å²) in [5.74, 6) is -0.606. The zero-order valence-corrected chi connectivity index (χ0v) is 8.56. The lowest BCUT2D eigenvalue weighted by Crippen LogP contribution is -2.21. The van der Waals surface area contributed by atoms with Crippen LogP contribution in [0.25, 0.3) is 11.0 Å². The van der Waals surface area contributed by atoms with Crippen molar-refractivity contribution >= 4 is 17.0 Å². The van der Waals surface area contributed by atoms with Gasteiger partial charge in [-0.1, -0.05) is 6.07 Å². The minimum absolute atomic E-state index is 0.390. The van der Waals surface area contributed by atoms with Crippen molar-refractivity contribution in [1.29, 1.82) is 0 Å². The number of aromatic nitrogens is 2. The number of fused-ring (bicyclic) bond motifs is 1. The first-order chi connectivity index (χ1) is 7.63. The zero-order valence-electron chi connectivity index (χ0n) is 8.56. The highest BCUT2D eigenvalue weighted by molar-refractivity contribution is 5.83. The molecular formula is C10H10N2O4. The first-order valence-corrected chi connectivity index (χ1v) is 4.61. The number of imidazole rings is 1. The number of benzene rings is 1. The van der Waals surface area contributed by atoms with Gasteiger partial charge in [0.15, 0.2) is 0 Å². The number of hydrogen-bond donors (Lipinski definition) is 2. The number of rotatable bonds is 3. The monoisotopic (exact) mass is 222 g/mol. The number of methoxy groups -OCH3 is 1. The van der Waals surface area contributed by atoms with Crippen LogP contribution in [0.4, 0.5) is 0 Å². The third-order valence-corrected chi connectivity index (χ3v) is 2.27. The largest absolute Gasteiger partial charge is 0.494 e. The van der Waals surface area contributed by atoms with Crippen LogP contribution in [0.3, 0.4) is 0 Å². The van der Waals surface area contributed by atoms with E-state index in [2.05, 4.69) is 4.98 Å². The zero-order chi connectivity index (χ0) is 11.7. The van der Waals surface area contributed by atoms with Gasteiger partial charge in [0.05, 0.1) is 12.6 Å². The summed E-state index contributed by atoms with van der Waals surface area (Å²) in [6.07, 6.45) is 0. The molecule has 0 radical (unpaired) electrons. The minimum Gasteiger partial charge on any atom is -0.494 e. The molecule has 6 nitrogen and oxygen atoms in total. The number of carboxylic acids is 1. The third-order valence-electron chi connectivity index (χ3n) is 2.27. The highest BCUT2D eigenvalue weighted by Gasteiger charge is 2.13. The molecule has 1 aromatic heterocycles. The molecule has 0 saturated heterocycles. The second kappa shape index (κ2) is 3.73. The topological polar surface area (TPSA) is 84.3 Å². The number of H-pyrrole nitrogens is 1. The third kappa shape index (κ3) is 1.54. The van der Waals surface area contributed by atoms with Crippen molar-refractivity contribution < 1.29 is 14.6 Å². The van der Waals surface area contributed by atoms with Crippen LogP contribution in [-0.2, 0) is 11.3 Å². The molecule has 0 saturated carbocycles. The van der Waals surface area contributed by atoms with E-state index in [0.717, 1.165) is 4.57 Å². The molecule has 2 aromatic rings. The van der Waals surface area contributed by atoms with Gasteiger partial charge in [0.25, 0.3) is 0 Å². The number of carbonyl (C=O) groups is 1. The molecule has 0 unspecified atom stereocenters. The molecule has 2 rings (SSSR count). The van der Waals surface area contributed by atoms with Crippen molar-refractivity contribution in [2.24, 2.45) is 0 Å². The van der Waals surface area contributed by atoms with Gasteiger partial charge in [-0.25, -0.2) is 4.79 Å². The van der Waals surface area contributed by atoms with Gasteiger partial charge in [-0.05, 0) is 12.1 Å². The minimum atomic E-state index is -1.08. The van der Waals surface area contributed by atoms with E-state index in [9.17, 15) is 9.59 Å². The van der Waals surface area contributed by atoms with Gasteiger partial charge in [0.1, 0.15) is 17.8 Å². The van der Waals surface area contributed by atoms with Crippen molar-refractivity contribution in [3.63, 3.8) is 0 Å². The summed E-state index contributed by atoms with van der Waals surface area (Å²) in [6.45, 7) is -0.390. The van der Waals surface area contributed by atoms with Gasteiger partial charge in [-0.3, -0.25) is 9.36 Å². The first kappa shape index (κ1) is 10.3. The molecule has 0 aliphatic rings. The van der Waals surface area contributed by atoms with E-state index < -0.39 is 11.7 Å². The molecule has 0 spiro atoms. The van der Waals surface area contributed by atoms with Gasteiger partial charge in [0.2, 0.25) is 0 Å². The smallest absolute Gasteiger partial charge is 0.327 e. The molecule has 0 aliphatic heterocycles. The van der Waals surface area contributed by atoms with Crippen molar-refractivity contribution in [2.75, 3.05) is 7.11 Å². The van der Waals surface area contributed by atoms with Gasteiger partial charge < -0.3 is 14.8 Å². The summed E-state index contributed by atoms with van der Waals surface area (Å²) in [5.41, 5.74) is 0.574. The normalized spacial score (nSPS) is 10.6. The number of hydrogen-bond acceptors (Lipinski definition) is 3. The lowest BCUT2D eigenvalue weighted by atomic mass is 10.3. The Hall–Kier alpha value is -2.24. The van der Waals surface area contributed by atoms with Gasteiger partial charge in [0, 0.05) is 0 Å². The summed E-state index contributed by atoms with van der Waals surface area (Å²) in [7, 11) is 1.47. The van der Waals surface area contributed by atoms with Crippen molar-refractivity contribution in [1.82, 2.24) is 9.55 Å². The van der Waals surface area contributed by atoms with Crippen LogP contribution in [-0.4, -0.2) is 27.7 Å². The number of aromatic amines is 1. The summed E-state index contributed by atoms with van der Waals surface area (Å²) >= 11 is 0. The average molecular weight is 222 g/mol. The molecule has 0 bridgehead atoms. The number of carboxylic acid groups (broad SMARTS) is 1. The van der Waals surface area contributed by atoms with Crippen molar-refractivity contribution in [3.05, 3.63) is 28.7 Å². The van der Waals surface area contributed by atoms with Crippen molar-refractivity contribution in [3.8, 4) is 5.75 Å². The van der Waals surface area contributed by atoms with E-state index in [1.165, 1.54) is 7.11 Å². The molecule has 16 heavy (non-hydrogen) atoms. The molecule has 84 valence electrons. The molecule has 0 amide bonds. The Morgan fingerprint density at radius 1 is 1.56 bits per heavy atom. The SMILES string of the molecule is COc1cccc2[nH]c(=O)n(CC(=O)O)c12. The van der Waals surface area contributed by atoms with E-state index in [1.54, 1.807) is 18.2 Å². The maximum Gasteiger partial charge on any atom is 0.327 e. The Morgan fingerprint density at radius 2 is 2.31 bits per heavy atom. The summed E-state index contributed by atoms with van der Waals surface area (Å²) in [5, 5.41) is 8.72. The predicted octanol–water partition coefficient (Wildman–Crippen LogP) is 0.423. The number of ether oxygens (including phenoxy) is 1. The Kier molecular flexibility index (Phi) is 2.40. The highest BCUT2D eigenvalue weighted by Crippen LogP contribution is 2.22. The number of nitrogens with one attached hydrogen (secondary N) is 1. The van der Waals surface area contributed by atoms with Crippen LogP contribution in [0, 0.1) is 0 Å². The fourth-order valence-electron chi connectivity index (χ4n) is 1.64. The lowest BCUT2D eigenvalue weighted by Gasteiger charge is -2.04. The standard InChI is InChI=1S/C10H10N2O4/c1-16-7-4-2-3-6-9(7)12(5-8(13)14)10(15)11-6/h2-4H,5H2,1H3,(H,11,15)(H,13,14). The molecule has 0 atom stereocenters. The summed E-state index contributed by atoms with van der Waals surface area (Å²) < 4.78 is 6.23. The Labute approximate surface area is 90.1 Å². The van der Waals surface area contributed by atoms with E-state index in [1.807, 2.05) is 0 Å². The lowest BCUT2D eigenvalue weighted by molar-refractivity contribution is -0.137. The molecule has 6 heteroatoms. The molecule has 0 fully saturated rings.